The second kappa shape index (κ2) is 7.43. The van der Waals surface area contributed by atoms with Crippen LogP contribution >= 0.6 is 0 Å². The highest BCUT2D eigenvalue weighted by Crippen LogP contribution is 2.61. The summed E-state index contributed by atoms with van der Waals surface area (Å²) in [5, 5.41) is 16.1. The fourth-order valence-corrected chi connectivity index (χ4v) is 7.43. The molecule has 8 rings (SSSR count). The highest BCUT2D eigenvalue weighted by atomic mass is 16.6. The van der Waals surface area contributed by atoms with Crippen molar-refractivity contribution >= 4 is 27.7 Å². The van der Waals surface area contributed by atoms with Gasteiger partial charge in [-0.2, -0.15) is 0 Å². The molecular weight excluding hydrogens is 456 g/mol. The number of carbonyl (C=O) groups excluding carboxylic acids is 1. The third-order valence-corrected chi connectivity index (χ3v) is 8.67. The number of carbonyl (C=O) groups is 1. The molecule has 0 radical (unpaired) electrons. The number of rotatable bonds is 1. The van der Waals surface area contributed by atoms with Crippen molar-refractivity contribution in [3.8, 4) is 11.4 Å². The molecule has 3 aliphatic heterocycles. The highest BCUT2D eigenvalue weighted by Gasteiger charge is 2.57. The van der Waals surface area contributed by atoms with Crippen molar-refractivity contribution in [2.75, 3.05) is 14.2 Å². The summed E-state index contributed by atoms with van der Waals surface area (Å²) in [4.78, 5) is 13.3. The van der Waals surface area contributed by atoms with Crippen LogP contribution < -0.4 is 11.1 Å². The lowest BCUT2D eigenvalue weighted by Crippen LogP contribution is -2.49. The Balaban J connectivity index is 0.00000108. The SMILES string of the molecule is CN.COC1CCC2OC1(C)n1c3c(c4ccccc41)C1C(C(=O)N[C@H]1O)c1c-3n2c2ccccc12. The molecule has 0 spiro atoms. The van der Waals surface area contributed by atoms with Gasteiger partial charge in [0, 0.05) is 29.4 Å². The van der Waals surface area contributed by atoms with Crippen molar-refractivity contribution < 1.29 is 19.4 Å². The lowest BCUT2D eigenvalue weighted by molar-refractivity contribution is -0.247. The molecule has 1 amide bonds. The highest BCUT2D eigenvalue weighted by molar-refractivity contribution is 6.06. The quantitative estimate of drug-likeness (QED) is 0.382. The van der Waals surface area contributed by atoms with E-state index in [1.54, 1.807) is 7.11 Å². The van der Waals surface area contributed by atoms with E-state index in [-0.39, 0.29) is 24.2 Å². The average molecular weight is 487 g/mol. The van der Waals surface area contributed by atoms with Gasteiger partial charge in [-0.05, 0) is 44.5 Å². The van der Waals surface area contributed by atoms with Gasteiger partial charge < -0.3 is 34.8 Å². The van der Waals surface area contributed by atoms with E-state index in [0.29, 0.717) is 0 Å². The van der Waals surface area contributed by atoms with E-state index in [0.717, 1.165) is 57.2 Å². The van der Waals surface area contributed by atoms with Crippen molar-refractivity contribution in [3.63, 3.8) is 0 Å². The van der Waals surface area contributed by atoms with Crippen molar-refractivity contribution in [2.24, 2.45) is 5.73 Å². The molecular formula is C28H30N4O4. The summed E-state index contributed by atoms with van der Waals surface area (Å²) in [5.41, 5.74) is 9.97. The zero-order chi connectivity index (χ0) is 24.9. The summed E-state index contributed by atoms with van der Waals surface area (Å²) in [5.74, 6) is -0.942. The number of methoxy groups -OCH3 is 1. The van der Waals surface area contributed by atoms with Crippen LogP contribution in [-0.2, 0) is 20.0 Å². The Morgan fingerprint density at radius 2 is 1.69 bits per heavy atom. The number of nitrogens with two attached hydrogens (primary N) is 1. The molecule has 2 aromatic carbocycles. The first-order valence-corrected chi connectivity index (χ1v) is 12.6. The van der Waals surface area contributed by atoms with Crippen molar-refractivity contribution in [1.82, 2.24) is 14.5 Å². The summed E-state index contributed by atoms with van der Waals surface area (Å²) in [6.07, 6.45) is 0.422. The van der Waals surface area contributed by atoms with Crippen LogP contribution in [0.25, 0.3) is 33.2 Å². The smallest absolute Gasteiger partial charge is 0.230 e. The van der Waals surface area contributed by atoms with Crippen LogP contribution in [0.2, 0.25) is 0 Å². The van der Waals surface area contributed by atoms with Crippen LogP contribution in [0.1, 0.15) is 49.0 Å². The molecule has 5 unspecified atom stereocenters. The van der Waals surface area contributed by atoms with E-state index in [1.807, 2.05) is 24.3 Å². The summed E-state index contributed by atoms with van der Waals surface area (Å²) in [6, 6.07) is 16.6. The number of fused-ring (bicyclic) bond motifs is 13. The molecule has 2 saturated heterocycles. The molecule has 6 atom stereocenters. The molecule has 8 nitrogen and oxygen atoms in total. The number of benzene rings is 2. The molecule has 0 saturated carbocycles. The van der Waals surface area contributed by atoms with E-state index in [2.05, 4.69) is 51.4 Å². The normalized spacial score (nSPS) is 31.4. The zero-order valence-corrected chi connectivity index (χ0v) is 20.6. The molecule has 4 aliphatic rings. The zero-order valence-electron chi connectivity index (χ0n) is 20.6. The molecule has 4 aromatic rings. The van der Waals surface area contributed by atoms with E-state index in [1.165, 1.54) is 7.05 Å². The van der Waals surface area contributed by atoms with Crippen LogP contribution in [0.5, 0.6) is 0 Å². The standard InChI is InChI=1S/C27H25N3O4.CH5N/c1-27-17(33-2)11-12-18(34-27)29-15-9-5-3-7-13(15)19-21-22(26(32)28-25(21)31)20-14-8-4-6-10-16(14)30(27)24(20)23(19)29;1-2/h3-10,17-18,21-22,26,32H,11-12H2,1-2H3,(H,28,31);2H2,1H3/t17?,18?,21?,22?,26-,27?;/m0./s1. The number of amides is 1. The van der Waals surface area contributed by atoms with Crippen LogP contribution in [0, 0.1) is 0 Å². The summed E-state index contributed by atoms with van der Waals surface area (Å²) < 4.78 is 17.6. The van der Waals surface area contributed by atoms with E-state index in [4.69, 9.17) is 9.47 Å². The summed E-state index contributed by atoms with van der Waals surface area (Å²) in [6.45, 7) is 2.12. The van der Waals surface area contributed by atoms with Gasteiger partial charge in [0.05, 0.1) is 28.3 Å². The molecule has 2 fully saturated rings. The first kappa shape index (κ1) is 22.1. The van der Waals surface area contributed by atoms with Gasteiger partial charge in [0.1, 0.15) is 18.6 Å². The number of ether oxygens (including phenoxy) is 2. The molecule has 5 heterocycles. The van der Waals surface area contributed by atoms with Gasteiger partial charge in [0.25, 0.3) is 0 Å². The first-order chi connectivity index (χ1) is 17.5. The topological polar surface area (TPSA) is 104 Å². The van der Waals surface area contributed by atoms with Crippen molar-refractivity contribution in [2.45, 2.75) is 55.9 Å². The van der Waals surface area contributed by atoms with Gasteiger partial charge in [-0.25, -0.2) is 0 Å². The van der Waals surface area contributed by atoms with Crippen molar-refractivity contribution in [3.05, 3.63) is 59.7 Å². The second-order valence-electron chi connectivity index (χ2n) is 10.1. The Labute approximate surface area is 208 Å². The number of aliphatic hydroxyl groups is 1. The first-order valence-electron chi connectivity index (χ1n) is 12.6. The number of aromatic nitrogens is 2. The van der Waals surface area contributed by atoms with E-state index >= 15 is 0 Å². The largest absolute Gasteiger partial charge is 0.376 e. The maximum absolute atomic E-state index is 13.3. The van der Waals surface area contributed by atoms with Gasteiger partial charge in [0.2, 0.25) is 5.91 Å². The third-order valence-electron chi connectivity index (χ3n) is 8.67. The Hall–Kier alpha value is -3.17. The van der Waals surface area contributed by atoms with Crippen LogP contribution in [0.3, 0.4) is 0 Å². The minimum Gasteiger partial charge on any atom is -0.376 e. The number of hydrogen-bond donors (Lipinski definition) is 3. The Morgan fingerprint density at radius 1 is 1.03 bits per heavy atom. The molecule has 8 heteroatoms. The summed E-state index contributed by atoms with van der Waals surface area (Å²) in [7, 11) is 3.25. The van der Waals surface area contributed by atoms with Crippen LogP contribution in [0.4, 0.5) is 0 Å². The van der Waals surface area contributed by atoms with Gasteiger partial charge in [-0.3, -0.25) is 4.79 Å². The van der Waals surface area contributed by atoms with E-state index < -0.39 is 17.9 Å². The number of nitrogens with zero attached hydrogens (tertiary/aromatic N) is 2. The minimum atomic E-state index is -0.946. The third kappa shape index (κ3) is 2.40. The van der Waals surface area contributed by atoms with Gasteiger partial charge >= 0.3 is 0 Å². The maximum atomic E-state index is 13.3. The van der Waals surface area contributed by atoms with Crippen LogP contribution in [0.15, 0.2) is 48.5 Å². The molecule has 4 N–H and O–H groups in total. The number of nitrogens with one attached hydrogen (secondary N) is 1. The predicted octanol–water partition coefficient (Wildman–Crippen LogP) is 3.48. The number of aliphatic hydroxyl groups excluding tert-OH is 1. The fourth-order valence-electron chi connectivity index (χ4n) is 7.43. The monoisotopic (exact) mass is 486 g/mol. The lowest BCUT2D eigenvalue weighted by Gasteiger charge is -2.44. The molecule has 2 bridgehead atoms. The lowest BCUT2D eigenvalue weighted by atomic mass is 9.75. The Bertz CT molecular complexity index is 1550. The van der Waals surface area contributed by atoms with Gasteiger partial charge in [-0.15, -0.1) is 0 Å². The molecule has 36 heavy (non-hydrogen) atoms. The molecule has 186 valence electrons. The molecule has 1 aliphatic carbocycles. The average Bonchev–Trinajstić information content (AvgIpc) is 3.50. The number of hydrogen-bond acceptors (Lipinski definition) is 5. The molecule has 2 aromatic heterocycles. The van der Waals surface area contributed by atoms with Gasteiger partial charge in [0.15, 0.2) is 5.72 Å². The van der Waals surface area contributed by atoms with Crippen molar-refractivity contribution in [1.29, 1.82) is 0 Å². The number of para-hydroxylation sites is 2. The van der Waals surface area contributed by atoms with E-state index in [9.17, 15) is 9.90 Å². The van der Waals surface area contributed by atoms with Gasteiger partial charge in [-0.1, -0.05) is 36.4 Å². The maximum Gasteiger partial charge on any atom is 0.230 e. The van der Waals surface area contributed by atoms with Crippen LogP contribution in [-0.4, -0.2) is 46.6 Å². The Morgan fingerprint density at radius 3 is 2.42 bits per heavy atom. The second-order valence-corrected chi connectivity index (χ2v) is 10.1. The fraction of sp³-hybridized carbons (Fsp3) is 0.393. The Kier molecular flexibility index (Phi) is 4.55. The minimum absolute atomic E-state index is 0.117. The summed E-state index contributed by atoms with van der Waals surface area (Å²) >= 11 is 0. The predicted molar refractivity (Wildman–Crippen MR) is 136 cm³/mol.